The minimum atomic E-state index is -1.24. The highest BCUT2D eigenvalue weighted by Crippen LogP contribution is 2.32. The second kappa shape index (κ2) is 7.74. The molecule has 0 spiro atoms. The Balaban J connectivity index is 1.89. The number of carbonyl (C=O) groups is 2. The maximum absolute atomic E-state index is 12.5. The molecule has 1 aliphatic rings. The highest BCUT2D eigenvalue weighted by Gasteiger charge is 2.30. The standard InChI is InChI=1S/C20H20N2O4/c1-26-16-9-7-15(8-10-16)18-13-17(14-5-3-2-4-6-14)21-22(18)19(23)11-12-20(24)25/h2-10,13,18,21H,11-12H2,1H3,(H,24,25)/p-1. The average Bonchev–Trinajstić information content (AvgIpc) is 3.12. The van der Waals surface area contributed by atoms with E-state index in [-0.39, 0.29) is 24.8 Å². The van der Waals surface area contributed by atoms with E-state index in [0.717, 1.165) is 22.6 Å². The van der Waals surface area contributed by atoms with E-state index < -0.39 is 5.97 Å². The fourth-order valence-electron chi connectivity index (χ4n) is 2.84. The van der Waals surface area contributed by atoms with Crippen molar-refractivity contribution in [3.63, 3.8) is 0 Å². The van der Waals surface area contributed by atoms with Crippen molar-refractivity contribution < 1.29 is 19.4 Å². The molecule has 26 heavy (non-hydrogen) atoms. The van der Waals surface area contributed by atoms with Gasteiger partial charge < -0.3 is 14.6 Å². The van der Waals surface area contributed by atoms with Gasteiger partial charge in [0.05, 0.1) is 18.8 Å². The zero-order valence-electron chi connectivity index (χ0n) is 14.3. The molecule has 134 valence electrons. The molecule has 1 atom stereocenters. The Morgan fingerprint density at radius 2 is 1.77 bits per heavy atom. The summed E-state index contributed by atoms with van der Waals surface area (Å²) in [5.41, 5.74) is 5.75. The minimum Gasteiger partial charge on any atom is -0.550 e. The quantitative estimate of drug-likeness (QED) is 0.856. The van der Waals surface area contributed by atoms with Crippen LogP contribution in [0.5, 0.6) is 5.75 Å². The Hall–Kier alpha value is -3.28. The Morgan fingerprint density at radius 1 is 1.08 bits per heavy atom. The van der Waals surface area contributed by atoms with E-state index in [0.29, 0.717) is 0 Å². The highest BCUT2D eigenvalue weighted by molar-refractivity contribution is 5.83. The average molecular weight is 351 g/mol. The second-order valence-electron chi connectivity index (χ2n) is 5.91. The molecule has 0 fully saturated rings. The van der Waals surface area contributed by atoms with Gasteiger partial charge in [0.15, 0.2) is 0 Å². The smallest absolute Gasteiger partial charge is 0.242 e. The maximum Gasteiger partial charge on any atom is 0.242 e. The summed E-state index contributed by atoms with van der Waals surface area (Å²) in [5.74, 6) is -0.825. The van der Waals surface area contributed by atoms with Gasteiger partial charge >= 0.3 is 0 Å². The molecule has 1 N–H and O–H groups in total. The van der Waals surface area contributed by atoms with Gasteiger partial charge in [0.25, 0.3) is 0 Å². The van der Waals surface area contributed by atoms with Crippen LogP contribution in [0.1, 0.15) is 30.0 Å². The lowest BCUT2D eigenvalue weighted by atomic mass is 10.0. The van der Waals surface area contributed by atoms with E-state index in [1.165, 1.54) is 5.01 Å². The lowest BCUT2D eigenvalue weighted by Crippen LogP contribution is -2.40. The van der Waals surface area contributed by atoms with Gasteiger partial charge in [-0.25, -0.2) is 5.01 Å². The van der Waals surface area contributed by atoms with Crippen LogP contribution in [0.3, 0.4) is 0 Å². The molecular weight excluding hydrogens is 332 g/mol. The summed E-state index contributed by atoms with van der Waals surface area (Å²) in [6.45, 7) is 0. The largest absolute Gasteiger partial charge is 0.550 e. The molecule has 2 aromatic rings. The van der Waals surface area contributed by atoms with Crippen molar-refractivity contribution in [1.82, 2.24) is 10.4 Å². The molecule has 1 unspecified atom stereocenters. The third kappa shape index (κ3) is 3.85. The van der Waals surface area contributed by atoms with E-state index in [4.69, 9.17) is 4.74 Å². The minimum absolute atomic E-state index is 0.127. The zero-order chi connectivity index (χ0) is 18.5. The predicted octanol–water partition coefficient (Wildman–Crippen LogP) is 1.65. The molecule has 1 heterocycles. The van der Waals surface area contributed by atoms with Gasteiger partial charge in [0.1, 0.15) is 5.75 Å². The van der Waals surface area contributed by atoms with Gasteiger partial charge in [-0.15, -0.1) is 0 Å². The number of aliphatic carboxylic acids is 1. The van der Waals surface area contributed by atoms with Crippen LogP contribution < -0.4 is 15.3 Å². The predicted molar refractivity (Wildman–Crippen MR) is 94.4 cm³/mol. The van der Waals surface area contributed by atoms with Gasteiger partial charge in [-0.2, -0.15) is 0 Å². The van der Waals surface area contributed by atoms with Crippen LogP contribution in [-0.2, 0) is 9.59 Å². The van der Waals surface area contributed by atoms with Crippen molar-refractivity contribution >= 4 is 17.6 Å². The van der Waals surface area contributed by atoms with Crippen LogP contribution in [0.2, 0.25) is 0 Å². The number of carboxylic acids is 1. The van der Waals surface area contributed by atoms with Crippen LogP contribution in [0.4, 0.5) is 0 Å². The summed E-state index contributed by atoms with van der Waals surface area (Å²) < 4.78 is 5.18. The molecule has 1 aliphatic heterocycles. The lowest BCUT2D eigenvalue weighted by Gasteiger charge is -2.26. The molecule has 0 saturated carbocycles. The number of nitrogens with zero attached hydrogens (tertiary/aromatic N) is 1. The van der Waals surface area contributed by atoms with Crippen LogP contribution in [0, 0.1) is 0 Å². The number of amides is 1. The molecule has 0 aromatic heterocycles. The van der Waals surface area contributed by atoms with Gasteiger partial charge in [-0.3, -0.25) is 10.2 Å². The highest BCUT2D eigenvalue weighted by atomic mass is 16.5. The number of rotatable bonds is 6. The molecular formula is C20H19N2O4-. The van der Waals surface area contributed by atoms with Gasteiger partial charge in [0, 0.05) is 12.4 Å². The van der Waals surface area contributed by atoms with E-state index in [1.807, 2.05) is 60.7 Å². The number of methoxy groups -OCH3 is 1. The first-order valence-corrected chi connectivity index (χ1v) is 8.28. The molecule has 0 saturated heterocycles. The number of nitrogens with one attached hydrogen (secondary N) is 1. The van der Waals surface area contributed by atoms with Crippen LogP contribution >= 0.6 is 0 Å². The third-order valence-corrected chi connectivity index (χ3v) is 4.20. The first-order chi connectivity index (χ1) is 12.6. The third-order valence-electron chi connectivity index (χ3n) is 4.20. The van der Waals surface area contributed by atoms with E-state index >= 15 is 0 Å². The monoisotopic (exact) mass is 351 g/mol. The normalized spacial score (nSPS) is 16.0. The summed E-state index contributed by atoms with van der Waals surface area (Å²) in [4.78, 5) is 23.2. The van der Waals surface area contributed by atoms with Crippen molar-refractivity contribution in [2.75, 3.05) is 7.11 Å². The zero-order valence-corrected chi connectivity index (χ0v) is 14.3. The second-order valence-corrected chi connectivity index (χ2v) is 5.91. The van der Waals surface area contributed by atoms with Crippen molar-refractivity contribution in [1.29, 1.82) is 0 Å². The fourth-order valence-corrected chi connectivity index (χ4v) is 2.84. The number of ether oxygens (including phenoxy) is 1. The number of hydrazine groups is 1. The maximum atomic E-state index is 12.5. The Labute approximate surface area is 151 Å². The summed E-state index contributed by atoms with van der Waals surface area (Å²) in [5, 5.41) is 12.2. The fraction of sp³-hybridized carbons (Fsp3) is 0.200. The van der Waals surface area contributed by atoms with Gasteiger partial charge in [-0.1, -0.05) is 42.5 Å². The Kier molecular flexibility index (Phi) is 5.22. The number of hydrogen-bond acceptors (Lipinski definition) is 5. The van der Waals surface area contributed by atoms with Crippen molar-refractivity contribution in [2.24, 2.45) is 0 Å². The molecule has 0 radical (unpaired) electrons. The number of carboxylic acid groups (broad SMARTS) is 1. The van der Waals surface area contributed by atoms with Crippen molar-refractivity contribution in [3.8, 4) is 5.75 Å². The SMILES string of the molecule is COc1ccc(C2C=C(c3ccccc3)NN2C(=O)CCC(=O)[O-])cc1. The Bertz CT molecular complexity index is 815. The van der Waals surface area contributed by atoms with E-state index in [1.54, 1.807) is 7.11 Å². The molecule has 6 nitrogen and oxygen atoms in total. The lowest BCUT2D eigenvalue weighted by molar-refractivity contribution is -0.305. The molecule has 0 aliphatic carbocycles. The van der Waals surface area contributed by atoms with E-state index in [2.05, 4.69) is 5.43 Å². The molecule has 2 aromatic carbocycles. The topological polar surface area (TPSA) is 81.7 Å². The van der Waals surface area contributed by atoms with Crippen LogP contribution in [0.25, 0.3) is 5.70 Å². The first kappa shape index (κ1) is 17.5. The summed E-state index contributed by atoms with van der Waals surface area (Å²) in [6, 6.07) is 16.7. The summed E-state index contributed by atoms with van der Waals surface area (Å²) >= 11 is 0. The first-order valence-electron chi connectivity index (χ1n) is 8.28. The summed E-state index contributed by atoms with van der Waals surface area (Å²) in [6.07, 6.45) is 1.51. The molecule has 3 rings (SSSR count). The van der Waals surface area contributed by atoms with Gasteiger partial charge in [0.2, 0.25) is 5.91 Å². The molecule has 6 heteroatoms. The van der Waals surface area contributed by atoms with E-state index in [9.17, 15) is 14.7 Å². The number of benzene rings is 2. The van der Waals surface area contributed by atoms with Crippen LogP contribution in [0.15, 0.2) is 60.7 Å². The van der Waals surface area contributed by atoms with Crippen molar-refractivity contribution in [2.45, 2.75) is 18.9 Å². The Morgan fingerprint density at radius 3 is 2.38 bits per heavy atom. The van der Waals surface area contributed by atoms with Crippen molar-refractivity contribution in [3.05, 3.63) is 71.8 Å². The number of hydrogen-bond donors (Lipinski definition) is 1. The molecule has 1 amide bonds. The number of carbonyl (C=O) groups excluding carboxylic acids is 2. The van der Waals surface area contributed by atoms with Crippen LogP contribution in [-0.4, -0.2) is 24.0 Å². The summed E-state index contributed by atoms with van der Waals surface area (Å²) in [7, 11) is 1.59. The van der Waals surface area contributed by atoms with Gasteiger partial charge in [-0.05, 0) is 35.8 Å². The molecule has 0 bridgehead atoms.